The lowest BCUT2D eigenvalue weighted by molar-refractivity contribution is 0.0687. The Morgan fingerprint density at radius 1 is 1.03 bits per heavy atom. The van der Waals surface area contributed by atoms with Crippen molar-refractivity contribution in [2.75, 3.05) is 36.7 Å². The summed E-state index contributed by atoms with van der Waals surface area (Å²) in [6.07, 6.45) is 4.58. The molecule has 200 valence electrons. The molecular weight excluding hydrogens is 508 g/mol. The highest BCUT2D eigenvalue weighted by molar-refractivity contribution is 6.34. The van der Waals surface area contributed by atoms with Crippen molar-refractivity contribution in [1.29, 1.82) is 0 Å². The summed E-state index contributed by atoms with van der Waals surface area (Å²) in [4.78, 5) is 18.9. The van der Waals surface area contributed by atoms with Crippen LogP contribution in [0.2, 0.25) is 5.02 Å². The number of nitrogens with zero attached hydrogens (tertiary/aromatic N) is 4. The van der Waals surface area contributed by atoms with Gasteiger partial charge in [-0.25, -0.2) is 9.78 Å². The maximum atomic E-state index is 12.1. The lowest BCUT2D eigenvalue weighted by Gasteiger charge is -2.28. The van der Waals surface area contributed by atoms with Gasteiger partial charge in [0, 0.05) is 30.9 Å². The third-order valence-corrected chi connectivity index (χ3v) is 6.79. The standard InChI is InChI=1S/C27H31ClN6O4/c1-19-25(28)26-30-24(32-34(26)31-19)6-5-17-36-22-11-7-20(8-12-22)29-27(35)38-18-37-23-13-9-21(10-14-23)33-15-3-2-4-16-33/h7-14,31H,2-6,15-18H2,1H3,(H,29,35). The number of hydrogen-bond donors (Lipinski definition) is 2. The number of nitrogens with one attached hydrogen (secondary N) is 2. The van der Waals surface area contributed by atoms with Crippen LogP contribution in [0.15, 0.2) is 48.5 Å². The molecule has 2 aromatic heterocycles. The van der Waals surface area contributed by atoms with Crippen molar-refractivity contribution in [2.24, 2.45) is 0 Å². The number of halogens is 1. The Hall–Kier alpha value is -3.92. The number of aromatic amines is 1. The van der Waals surface area contributed by atoms with Gasteiger partial charge in [-0.15, -0.1) is 5.10 Å². The summed E-state index contributed by atoms with van der Waals surface area (Å²) in [7, 11) is 0. The average molecular weight is 539 g/mol. The summed E-state index contributed by atoms with van der Waals surface area (Å²) in [5, 5.41) is 10.7. The number of rotatable bonds is 10. The largest absolute Gasteiger partial charge is 0.494 e. The molecule has 0 radical (unpaired) electrons. The van der Waals surface area contributed by atoms with E-state index in [0.717, 1.165) is 25.2 Å². The Labute approximate surface area is 225 Å². The Morgan fingerprint density at radius 3 is 2.47 bits per heavy atom. The van der Waals surface area contributed by atoms with Gasteiger partial charge in [0.25, 0.3) is 0 Å². The first kappa shape index (κ1) is 25.7. The SMILES string of the molecule is Cc1[nH]n2nc(CCCOc3ccc(NC(=O)OCOc4ccc(N5CCCCC5)cc4)cc3)nc2c1Cl. The van der Waals surface area contributed by atoms with Crippen LogP contribution < -0.4 is 19.7 Å². The first-order valence-electron chi connectivity index (χ1n) is 12.8. The zero-order valence-corrected chi connectivity index (χ0v) is 22.0. The van der Waals surface area contributed by atoms with E-state index in [4.69, 9.17) is 25.8 Å². The van der Waals surface area contributed by atoms with Gasteiger partial charge in [-0.2, -0.15) is 4.63 Å². The van der Waals surface area contributed by atoms with Crippen LogP contribution in [-0.2, 0) is 11.2 Å². The number of anilines is 2. The van der Waals surface area contributed by atoms with E-state index in [2.05, 4.69) is 25.4 Å². The second kappa shape index (κ2) is 12.1. The molecule has 2 N–H and O–H groups in total. The molecule has 1 saturated heterocycles. The molecular formula is C27H31ClN6O4. The van der Waals surface area contributed by atoms with Gasteiger partial charge in [0.2, 0.25) is 6.79 Å². The fraction of sp³-hybridized carbons (Fsp3) is 0.370. The molecule has 0 saturated carbocycles. The molecule has 1 amide bonds. The van der Waals surface area contributed by atoms with Crippen molar-refractivity contribution in [2.45, 2.75) is 39.0 Å². The van der Waals surface area contributed by atoms with Gasteiger partial charge < -0.3 is 19.1 Å². The highest BCUT2D eigenvalue weighted by Gasteiger charge is 2.12. The van der Waals surface area contributed by atoms with Crippen LogP contribution in [-0.4, -0.2) is 52.4 Å². The summed E-state index contributed by atoms with van der Waals surface area (Å²) in [6, 6.07) is 14.9. The summed E-state index contributed by atoms with van der Waals surface area (Å²) in [5.41, 5.74) is 3.26. The molecule has 1 fully saturated rings. The minimum Gasteiger partial charge on any atom is -0.494 e. The van der Waals surface area contributed by atoms with Crippen LogP contribution >= 0.6 is 11.6 Å². The first-order valence-corrected chi connectivity index (χ1v) is 13.2. The van der Waals surface area contributed by atoms with Crippen LogP contribution in [0.1, 0.15) is 37.2 Å². The van der Waals surface area contributed by atoms with Gasteiger partial charge in [0.05, 0.1) is 12.3 Å². The van der Waals surface area contributed by atoms with Crippen LogP contribution in [0.4, 0.5) is 16.2 Å². The fourth-order valence-electron chi connectivity index (χ4n) is 4.32. The van der Waals surface area contributed by atoms with Gasteiger partial charge in [0.1, 0.15) is 16.5 Å². The summed E-state index contributed by atoms with van der Waals surface area (Å²) in [6.45, 7) is 4.39. The fourth-order valence-corrected chi connectivity index (χ4v) is 4.49. The molecule has 0 atom stereocenters. The molecule has 3 heterocycles. The normalized spacial score (nSPS) is 13.5. The van der Waals surface area contributed by atoms with Crippen molar-refractivity contribution in [3.05, 3.63) is 65.1 Å². The molecule has 10 nitrogen and oxygen atoms in total. The lowest BCUT2D eigenvalue weighted by Crippen LogP contribution is -2.29. The third kappa shape index (κ3) is 6.49. The third-order valence-electron chi connectivity index (χ3n) is 6.34. The van der Waals surface area contributed by atoms with Gasteiger partial charge >= 0.3 is 6.09 Å². The Balaban J connectivity index is 0.986. The summed E-state index contributed by atoms with van der Waals surface area (Å²) >= 11 is 6.20. The zero-order chi connectivity index (χ0) is 26.3. The van der Waals surface area contributed by atoms with E-state index in [9.17, 15) is 4.79 Å². The number of amides is 1. The van der Waals surface area contributed by atoms with Crippen LogP contribution in [0.3, 0.4) is 0 Å². The van der Waals surface area contributed by atoms with Crippen molar-refractivity contribution < 1.29 is 19.0 Å². The van der Waals surface area contributed by atoms with Gasteiger partial charge in [-0.05, 0) is 81.1 Å². The molecule has 38 heavy (non-hydrogen) atoms. The van der Waals surface area contributed by atoms with E-state index < -0.39 is 6.09 Å². The number of ether oxygens (including phenoxy) is 3. The number of piperidine rings is 1. The molecule has 5 rings (SSSR count). The number of aromatic nitrogens is 4. The topological polar surface area (TPSA) is 106 Å². The Morgan fingerprint density at radius 2 is 1.74 bits per heavy atom. The van der Waals surface area contributed by atoms with E-state index in [-0.39, 0.29) is 6.79 Å². The molecule has 0 unspecified atom stereocenters. The summed E-state index contributed by atoms with van der Waals surface area (Å²) < 4.78 is 18.1. The second-order valence-electron chi connectivity index (χ2n) is 9.15. The minimum atomic E-state index is -0.595. The monoisotopic (exact) mass is 538 g/mol. The number of H-pyrrole nitrogens is 1. The molecule has 4 aromatic rings. The minimum absolute atomic E-state index is 0.178. The highest BCUT2D eigenvalue weighted by Crippen LogP contribution is 2.23. The molecule has 1 aliphatic heterocycles. The number of aryl methyl sites for hydroxylation is 2. The van der Waals surface area contributed by atoms with Crippen molar-refractivity contribution in [1.82, 2.24) is 19.8 Å². The number of carbonyl (C=O) groups excluding carboxylic acids is 1. The number of hydrogen-bond acceptors (Lipinski definition) is 7. The molecule has 0 aliphatic carbocycles. The quantitative estimate of drug-likeness (QED) is 0.200. The van der Waals surface area contributed by atoms with E-state index >= 15 is 0 Å². The van der Waals surface area contributed by atoms with Crippen molar-refractivity contribution in [3.63, 3.8) is 0 Å². The molecule has 0 bridgehead atoms. The second-order valence-corrected chi connectivity index (χ2v) is 9.53. The lowest BCUT2D eigenvalue weighted by atomic mass is 10.1. The van der Waals surface area contributed by atoms with E-state index in [0.29, 0.717) is 46.7 Å². The van der Waals surface area contributed by atoms with Crippen molar-refractivity contribution in [3.8, 4) is 11.5 Å². The molecule has 0 spiro atoms. The number of benzene rings is 2. The average Bonchev–Trinajstić information content (AvgIpc) is 3.45. The van der Waals surface area contributed by atoms with E-state index in [1.807, 2.05) is 31.2 Å². The zero-order valence-electron chi connectivity index (χ0n) is 21.3. The predicted octanol–water partition coefficient (Wildman–Crippen LogP) is 5.61. The Kier molecular flexibility index (Phi) is 8.18. The van der Waals surface area contributed by atoms with Gasteiger partial charge in [-0.1, -0.05) is 11.6 Å². The number of carbonyl (C=O) groups is 1. The molecule has 2 aromatic carbocycles. The van der Waals surface area contributed by atoms with Crippen molar-refractivity contribution >= 4 is 34.7 Å². The Bertz CT molecular complexity index is 1350. The smallest absolute Gasteiger partial charge is 0.414 e. The van der Waals surface area contributed by atoms with Crippen LogP contribution in [0.25, 0.3) is 5.65 Å². The van der Waals surface area contributed by atoms with Crippen LogP contribution in [0, 0.1) is 6.92 Å². The van der Waals surface area contributed by atoms with Gasteiger partial charge in [-0.3, -0.25) is 10.4 Å². The highest BCUT2D eigenvalue weighted by atomic mass is 35.5. The van der Waals surface area contributed by atoms with Crippen LogP contribution in [0.5, 0.6) is 11.5 Å². The molecule has 11 heteroatoms. The van der Waals surface area contributed by atoms with E-state index in [1.54, 1.807) is 28.9 Å². The first-order chi connectivity index (χ1) is 18.5. The molecule has 1 aliphatic rings. The van der Waals surface area contributed by atoms with Gasteiger partial charge in [0.15, 0.2) is 11.5 Å². The van der Waals surface area contributed by atoms with E-state index in [1.165, 1.54) is 24.9 Å². The maximum Gasteiger partial charge on any atom is 0.414 e. The predicted molar refractivity (Wildman–Crippen MR) is 145 cm³/mol. The summed E-state index contributed by atoms with van der Waals surface area (Å²) in [5.74, 6) is 2.06. The maximum absolute atomic E-state index is 12.1. The number of fused-ring (bicyclic) bond motifs is 1.